The molecule has 0 aromatic heterocycles. The van der Waals surface area contributed by atoms with Gasteiger partial charge in [-0.1, -0.05) is 18.2 Å². The Labute approximate surface area is 124 Å². The van der Waals surface area contributed by atoms with E-state index in [4.69, 9.17) is 5.73 Å². The van der Waals surface area contributed by atoms with E-state index in [0.717, 1.165) is 5.75 Å². The van der Waals surface area contributed by atoms with Gasteiger partial charge in [0.2, 0.25) is 0 Å². The number of hydrogen-bond donors (Lipinski definition) is 1. The number of thioether (sulfide) groups is 1. The van der Waals surface area contributed by atoms with Crippen molar-refractivity contribution in [3.05, 3.63) is 53.8 Å². The first kappa shape index (κ1) is 13.6. The van der Waals surface area contributed by atoms with Crippen molar-refractivity contribution in [2.75, 3.05) is 17.2 Å². The van der Waals surface area contributed by atoms with E-state index in [1.165, 1.54) is 22.6 Å². The summed E-state index contributed by atoms with van der Waals surface area (Å²) in [4.78, 5) is 1.49. The minimum Gasteiger partial charge on any atom is -0.399 e. The molecule has 5 heteroatoms. The van der Waals surface area contributed by atoms with Crippen LogP contribution in [0.4, 0.5) is 10.1 Å². The van der Waals surface area contributed by atoms with Gasteiger partial charge in [0.1, 0.15) is 5.82 Å². The highest BCUT2D eigenvalue weighted by molar-refractivity contribution is 7.99. The third kappa shape index (κ3) is 2.60. The number of fused-ring (bicyclic) bond motifs is 1. The Kier molecular flexibility index (Phi) is 3.81. The lowest BCUT2D eigenvalue weighted by molar-refractivity contribution is 0.595. The second-order valence-electron chi connectivity index (χ2n) is 4.75. The van der Waals surface area contributed by atoms with Crippen LogP contribution in [-0.4, -0.2) is 15.7 Å². The number of nitrogens with two attached hydrogens (primary N) is 1. The first-order chi connectivity index (χ1) is 9.65. The van der Waals surface area contributed by atoms with Gasteiger partial charge in [0, 0.05) is 28.0 Å². The van der Waals surface area contributed by atoms with Crippen molar-refractivity contribution in [2.24, 2.45) is 0 Å². The molecule has 2 nitrogen and oxygen atoms in total. The number of anilines is 1. The summed E-state index contributed by atoms with van der Waals surface area (Å²) in [5.41, 5.74) is 7.09. The molecule has 1 aliphatic heterocycles. The van der Waals surface area contributed by atoms with Crippen molar-refractivity contribution in [3.8, 4) is 0 Å². The summed E-state index contributed by atoms with van der Waals surface area (Å²) in [5, 5.41) is 0. The van der Waals surface area contributed by atoms with Crippen molar-refractivity contribution >= 4 is 28.2 Å². The van der Waals surface area contributed by atoms with Crippen LogP contribution in [0.15, 0.2) is 52.3 Å². The third-order valence-corrected chi connectivity index (χ3v) is 6.13. The van der Waals surface area contributed by atoms with Crippen molar-refractivity contribution in [1.82, 2.24) is 0 Å². The van der Waals surface area contributed by atoms with Crippen LogP contribution in [-0.2, 0) is 10.8 Å². The number of halogens is 1. The van der Waals surface area contributed by atoms with E-state index in [2.05, 4.69) is 12.1 Å². The smallest absolute Gasteiger partial charge is 0.141 e. The summed E-state index contributed by atoms with van der Waals surface area (Å²) >= 11 is 1.77. The maximum absolute atomic E-state index is 13.8. The molecule has 0 saturated heterocycles. The van der Waals surface area contributed by atoms with Gasteiger partial charge in [-0.25, -0.2) is 4.39 Å². The van der Waals surface area contributed by atoms with E-state index in [1.54, 1.807) is 17.8 Å². The van der Waals surface area contributed by atoms with E-state index < -0.39 is 16.6 Å². The van der Waals surface area contributed by atoms with E-state index in [9.17, 15) is 8.60 Å². The Balaban J connectivity index is 1.81. The van der Waals surface area contributed by atoms with E-state index >= 15 is 0 Å². The average molecular weight is 307 g/mol. The second kappa shape index (κ2) is 5.58. The van der Waals surface area contributed by atoms with Gasteiger partial charge in [-0.3, -0.25) is 4.21 Å². The molecule has 2 unspecified atom stereocenters. The lowest BCUT2D eigenvalue weighted by Crippen LogP contribution is -2.10. The maximum atomic E-state index is 13.8. The van der Waals surface area contributed by atoms with Crippen LogP contribution in [0.1, 0.15) is 11.5 Å². The predicted octanol–water partition coefficient (Wildman–Crippen LogP) is 3.41. The van der Waals surface area contributed by atoms with Gasteiger partial charge in [-0.15, -0.1) is 11.8 Å². The third-order valence-electron chi connectivity index (χ3n) is 3.35. The Morgan fingerprint density at radius 3 is 2.90 bits per heavy atom. The first-order valence-electron chi connectivity index (χ1n) is 6.30. The molecular weight excluding hydrogens is 293 g/mol. The minimum absolute atomic E-state index is 0.217. The summed E-state index contributed by atoms with van der Waals surface area (Å²) in [6, 6.07) is 12.5. The molecule has 2 N–H and O–H groups in total. The zero-order valence-corrected chi connectivity index (χ0v) is 12.3. The first-order valence-corrected chi connectivity index (χ1v) is 8.61. The van der Waals surface area contributed by atoms with Gasteiger partial charge in [0.15, 0.2) is 0 Å². The van der Waals surface area contributed by atoms with Crippen LogP contribution in [0.25, 0.3) is 0 Å². The molecule has 0 saturated carbocycles. The van der Waals surface area contributed by atoms with E-state index in [1.807, 2.05) is 12.1 Å². The molecule has 0 amide bonds. The summed E-state index contributed by atoms with van der Waals surface area (Å²) in [6.07, 6.45) is 0. The SMILES string of the molecule is Nc1ccc(S(=O)CC2CSc3ccccc32)c(F)c1. The highest BCUT2D eigenvalue weighted by atomic mass is 32.2. The molecule has 0 aliphatic carbocycles. The van der Waals surface area contributed by atoms with Crippen molar-refractivity contribution in [3.63, 3.8) is 0 Å². The molecule has 104 valence electrons. The Morgan fingerprint density at radius 2 is 2.10 bits per heavy atom. The van der Waals surface area contributed by atoms with Crippen molar-refractivity contribution in [2.45, 2.75) is 15.7 Å². The highest BCUT2D eigenvalue weighted by Crippen LogP contribution is 2.40. The summed E-state index contributed by atoms with van der Waals surface area (Å²) in [7, 11) is -1.34. The van der Waals surface area contributed by atoms with Gasteiger partial charge in [-0.05, 0) is 29.8 Å². The molecule has 2 aromatic carbocycles. The quantitative estimate of drug-likeness (QED) is 0.884. The monoisotopic (exact) mass is 307 g/mol. The van der Waals surface area contributed by atoms with E-state index in [-0.39, 0.29) is 10.8 Å². The van der Waals surface area contributed by atoms with Crippen LogP contribution in [0, 0.1) is 5.82 Å². The van der Waals surface area contributed by atoms with Gasteiger partial charge in [-0.2, -0.15) is 0 Å². The Bertz CT molecular complexity index is 675. The van der Waals surface area contributed by atoms with Gasteiger partial charge < -0.3 is 5.73 Å². The topological polar surface area (TPSA) is 43.1 Å². The molecule has 0 spiro atoms. The molecule has 0 fully saturated rings. The molecule has 2 atom stereocenters. The van der Waals surface area contributed by atoms with Crippen LogP contribution >= 0.6 is 11.8 Å². The normalized spacial score (nSPS) is 18.8. The van der Waals surface area contributed by atoms with Gasteiger partial charge >= 0.3 is 0 Å². The number of benzene rings is 2. The zero-order valence-electron chi connectivity index (χ0n) is 10.7. The molecule has 1 aliphatic rings. The van der Waals surface area contributed by atoms with Gasteiger partial charge in [0.05, 0.1) is 15.7 Å². The molecule has 1 heterocycles. The number of nitrogen functional groups attached to an aromatic ring is 1. The number of hydrogen-bond acceptors (Lipinski definition) is 3. The standard InChI is InChI=1S/C15H14FNOS2/c16-13-7-11(17)5-6-15(13)20(18)9-10-8-19-14-4-2-1-3-12(10)14/h1-7,10H,8-9,17H2. The van der Waals surface area contributed by atoms with Gasteiger partial charge in [0.25, 0.3) is 0 Å². The Morgan fingerprint density at radius 1 is 1.30 bits per heavy atom. The summed E-state index contributed by atoms with van der Waals surface area (Å²) < 4.78 is 26.2. The fraction of sp³-hybridized carbons (Fsp3) is 0.200. The zero-order chi connectivity index (χ0) is 14.1. The second-order valence-corrected chi connectivity index (χ2v) is 7.27. The molecule has 20 heavy (non-hydrogen) atoms. The highest BCUT2D eigenvalue weighted by Gasteiger charge is 2.25. The largest absolute Gasteiger partial charge is 0.399 e. The number of rotatable bonds is 3. The summed E-state index contributed by atoms with van der Waals surface area (Å²) in [6.45, 7) is 0. The molecule has 3 rings (SSSR count). The van der Waals surface area contributed by atoms with E-state index in [0.29, 0.717) is 11.4 Å². The van der Waals surface area contributed by atoms with Crippen LogP contribution < -0.4 is 5.73 Å². The lowest BCUT2D eigenvalue weighted by atomic mass is 10.0. The van der Waals surface area contributed by atoms with Crippen LogP contribution in [0.3, 0.4) is 0 Å². The lowest BCUT2D eigenvalue weighted by Gasteiger charge is -2.11. The molecular formula is C15H14FNOS2. The molecule has 0 radical (unpaired) electrons. The predicted molar refractivity (Wildman–Crippen MR) is 82.0 cm³/mol. The Hall–Kier alpha value is -1.33. The molecule has 0 bridgehead atoms. The van der Waals surface area contributed by atoms with Crippen molar-refractivity contribution in [1.29, 1.82) is 0 Å². The van der Waals surface area contributed by atoms with Crippen LogP contribution in [0.2, 0.25) is 0 Å². The van der Waals surface area contributed by atoms with Crippen LogP contribution in [0.5, 0.6) is 0 Å². The fourth-order valence-electron chi connectivity index (χ4n) is 2.34. The maximum Gasteiger partial charge on any atom is 0.141 e. The fourth-order valence-corrected chi connectivity index (χ4v) is 5.08. The minimum atomic E-state index is -1.34. The summed E-state index contributed by atoms with van der Waals surface area (Å²) in [5.74, 6) is 1.09. The molecule has 2 aromatic rings. The average Bonchev–Trinajstić information content (AvgIpc) is 2.82. The van der Waals surface area contributed by atoms with Crippen molar-refractivity contribution < 1.29 is 8.60 Å².